The van der Waals surface area contributed by atoms with E-state index in [9.17, 15) is 0 Å². The summed E-state index contributed by atoms with van der Waals surface area (Å²) in [5.41, 5.74) is 2.75. The van der Waals surface area contributed by atoms with E-state index in [4.69, 9.17) is 4.74 Å². The molecule has 0 fully saturated rings. The summed E-state index contributed by atoms with van der Waals surface area (Å²) in [5, 5.41) is 3.67. The highest BCUT2D eigenvalue weighted by molar-refractivity contribution is 5.30. The van der Waals surface area contributed by atoms with Crippen molar-refractivity contribution in [2.24, 2.45) is 5.92 Å². The van der Waals surface area contributed by atoms with Crippen molar-refractivity contribution in [3.63, 3.8) is 0 Å². The van der Waals surface area contributed by atoms with Crippen LogP contribution in [0.1, 0.15) is 64.1 Å². The Labute approximate surface area is 153 Å². The molecule has 0 aliphatic heterocycles. The van der Waals surface area contributed by atoms with E-state index in [0.717, 1.165) is 18.7 Å². The molecule has 2 heteroatoms. The van der Waals surface area contributed by atoms with Gasteiger partial charge in [-0.3, -0.25) is 0 Å². The molecule has 0 unspecified atom stereocenters. The Balaban J connectivity index is 1.92. The predicted octanol–water partition coefficient (Wildman–Crippen LogP) is 5.95. The standard InChI is InChI=1S/C23H33NO/c1-17(2)23(21-11-13-22(14-12-21)25-18(3)4)15-16-24-19(5)20-9-7-6-8-10-20/h6-14,17-19,23-24H,15-16H2,1-5H3/t19-,23-/m0/s1. The van der Waals surface area contributed by atoms with Gasteiger partial charge in [-0.25, -0.2) is 0 Å². The molecule has 2 aromatic rings. The monoisotopic (exact) mass is 339 g/mol. The second-order valence-corrected chi connectivity index (χ2v) is 7.46. The molecule has 0 heterocycles. The molecule has 0 aromatic heterocycles. The van der Waals surface area contributed by atoms with Crippen LogP contribution in [0.5, 0.6) is 5.75 Å². The summed E-state index contributed by atoms with van der Waals surface area (Å²) in [5.74, 6) is 2.13. The summed E-state index contributed by atoms with van der Waals surface area (Å²) in [4.78, 5) is 0. The average molecular weight is 340 g/mol. The molecular weight excluding hydrogens is 306 g/mol. The van der Waals surface area contributed by atoms with Crippen LogP contribution in [0.15, 0.2) is 54.6 Å². The number of nitrogens with one attached hydrogen (secondary N) is 1. The Hall–Kier alpha value is -1.80. The molecule has 0 aliphatic carbocycles. The van der Waals surface area contributed by atoms with Crippen molar-refractivity contribution in [3.05, 3.63) is 65.7 Å². The molecule has 1 N–H and O–H groups in total. The Morgan fingerprint density at radius 3 is 2.00 bits per heavy atom. The van der Waals surface area contributed by atoms with Crippen LogP contribution in [0.4, 0.5) is 0 Å². The summed E-state index contributed by atoms with van der Waals surface area (Å²) in [6.45, 7) is 12.0. The Morgan fingerprint density at radius 2 is 1.44 bits per heavy atom. The van der Waals surface area contributed by atoms with E-state index in [-0.39, 0.29) is 6.10 Å². The van der Waals surface area contributed by atoms with Crippen LogP contribution in [-0.2, 0) is 0 Å². The van der Waals surface area contributed by atoms with Gasteiger partial charge < -0.3 is 10.1 Å². The minimum atomic E-state index is 0.218. The van der Waals surface area contributed by atoms with E-state index in [0.29, 0.717) is 17.9 Å². The molecule has 2 rings (SSSR count). The molecule has 0 aliphatic rings. The topological polar surface area (TPSA) is 21.3 Å². The maximum atomic E-state index is 5.76. The molecule has 136 valence electrons. The first-order valence-corrected chi connectivity index (χ1v) is 9.52. The fourth-order valence-corrected chi connectivity index (χ4v) is 3.27. The van der Waals surface area contributed by atoms with Gasteiger partial charge in [0.05, 0.1) is 6.10 Å². The summed E-state index contributed by atoms with van der Waals surface area (Å²) in [6.07, 6.45) is 1.36. The third-order valence-electron chi connectivity index (χ3n) is 4.69. The van der Waals surface area contributed by atoms with Crippen molar-refractivity contribution in [3.8, 4) is 5.75 Å². The molecule has 0 bridgehead atoms. The predicted molar refractivity (Wildman–Crippen MR) is 107 cm³/mol. The van der Waals surface area contributed by atoms with Gasteiger partial charge in [0, 0.05) is 6.04 Å². The molecule has 0 saturated carbocycles. The first kappa shape index (κ1) is 19.5. The van der Waals surface area contributed by atoms with Crippen LogP contribution in [0.3, 0.4) is 0 Å². The second kappa shape index (κ2) is 9.62. The van der Waals surface area contributed by atoms with E-state index < -0.39 is 0 Å². The van der Waals surface area contributed by atoms with Gasteiger partial charge in [-0.05, 0) is 68.8 Å². The number of hydrogen-bond acceptors (Lipinski definition) is 2. The average Bonchev–Trinajstić information content (AvgIpc) is 2.59. The van der Waals surface area contributed by atoms with Crippen LogP contribution < -0.4 is 10.1 Å². The van der Waals surface area contributed by atoms with Gasteiger partial charge in [0.25, 0.3) is 0 Å². The molecule has 25 heavy (non-hydrogen) atoms. The molecule has 0 saturated heterocycles. The lowest BCUT2D eigenvalue weighted by Crippen LogP contribution is -2.22. The summed E-state index contributed by atoms with van der Waals surface area (Å²) in [7, 11) is 0. The Bertz CT molecular complexity index is 604. The summed E-state index contributed by atoms with van der Waals surface area (Å²) < 4.78 is 5.76. The highest BCUT2D eigenvalue weighted by atomic mass is 16.5. The van der Waals surface area contributed by atoms with Gasteiger partial charge >= 0.3 is 0 Å². The Morgan fingerprint density at radius 1 is 0.800 bits per heavy atom. The normalized spacial score (nSPS) is 13.9. The highest BCUT2D eigenvalue weighted by Crippen LogP contribution is 2.29. The maximum absolute atomic E-state index is 5.76. The van der Waals surface area contributed by atoms with Crippen molar-refractivity contribution in [2.45, 2.75) is 59.1 Å². The number of ether oxygens (including phenoxy) is 1. The van der Waals surface area contributed by atoms with E-state index >= 15 is 0 Å². The van der Waals surface area contributed by atoms with Crippen molar-refractivity contribution >= 4 is 0 Å². The second-order valence-electron chi connectivity index (χ2n) is 7.46. The zero-order chi connectivity index (χ0) is 18.2. The van der Waals surface area contributed by atoms with Crippen LogP contribution in [0, 0.1) is 5.92 Å². The zero-order valence-corrected chi connectivity index (χ0v) is 16.3. The van der Waals surface area contributed by atoms with Crippen LogP contribution >= 0.6 is 0 Å². The SMILES string of the molecule is CC(C)Oc1ccc([C@@H](CCN[C@@H](C)c2ccccc2)C(C)C)cc1. The molecule has 2 atom stereocenters. The number of hydrogen-bond donors (Lipinski definition) is 1. The quantitative estimate of drug-likeness (QED) is 0.609. The fourth-order valence-electron chi connectivity index (χ4n) is 3.27. The summed E-state index contributed by atoms with van der Waals surface area (Å²) in [6, 6.07) is 19.7. The van der Waals surface area contributed by atoms with Crippen molar-refractivity contribution in [1.29, 1.82) is 0 Å². The first-order valence-electron chi connectivity index (χ1n) is 9.52. The van der Waals surface area contributed by atoms with Gasteiger partial charge in [-0.2, -0.15) is 0 Å². The highest BCUT2D eigenvalue weighted by Gasteiger charge is 2.16. The van der Waals surface area contributed by atoms with Crippen molar-refractivity contribution in [2.75, 3.05) is 6.54 Å². The molecular formula is C23H33NO. The third-order valence-corrected chi connectivity index (χ3v) is 4.69. The largest absolute Gasteiger partial charge is 0.491 e. The van der Waals surface area contributed by atoms with Gasteiger partial charge in [-0.15, -0.1) is 0 Å². The Kier molecular flexibility index (Phi) is 7.52. The molecule has 0 radical (unpaired) electrons. The molecule has 2 aromatic carbocycles. The van der Waals surface area contributed by atoms with Gasteiger partial charge in [-0.1, -0.05) is 56.3 Å². The molecule has 2 nitrogen and oxygen atoms in total. The van der Waals surface area contributed by atoms with Crippen LogP contribution in [0.25, 0.3) is 0 Å². The zero-order valence-electron chi connectivity index (χ0n) is 16.3. The first-order chi connectivity index (χ1) is 12.0. The maximum Gasteiger partial charge on any atom is 0.119 e. The molecule has 0 spiro atoms. The van der Waals surface area contributed by atoms with E-state index in [1.54, 1.807) is 0 Å². The number of rotatable bonds is 9. The lowest BCUT2D eigenvalue weighted by atomic mass is 9.85. The van der Waals surface area contributed by atoms with Crippen molar-refractivity contribution in [1.82, 2.24) is 5.32 Å². The minimum absolute atomic E-state index is 0.218. The smallest absolute Gasteiger partial charge is 0.119 e. The van der Waals surface area contributed by atoms with E-state index in [1.807, 2.05) is 0 Å². The van der Waals surface area contributed by atoms with Crippen LogP contribution in [-0.4, -0.2) is 12.6 Å². The number of benzene rings is 2. The third kappa shape index (κ3) is 6.21. The lowest BCUT2D eigenvalue weighted by molar-refractivity contribution is 0.242. The van der Waals surface area contributed by atoms with Gasteiger partial charge in [0.2, 0.25) is 0 Å². The minimum Gasteiger partial charge on any atom is -0.491 e. The van der Waals surface area contributed by atoms with E-state index in [1.165, 1.54) is 11.1 Å². The van der Waals surface area contributed by atoms with Crippen molar-refractivity contribution < 1.29 is 4.74 Å². The lowest BCUT2D eigenvalue weighted by Gasteiger charge is -2.23. The van der Waals surface area contributed by atoms with Crippen LogP contribution in [0.2, 0.25) is 0 Å². The van der Waals surface area contributed by atoms with Gasteiger partial charge in [0.1, 0.15) is 5.75 Å². The van der Waals surface area contributed by atoms with E-state index in [2.05, 4.69) is 94.5 Å². The fraction of sp³-hybridized carbons (Fsp3) is 0.478. The van der Waals surface area contributed by atoms with Gasteiger partial charge in [0.15, 0.2) is 0 Å². The molecule has 0 amide bonds. The summed E-state index contributed by atoms with van der Waals surface area (Å²) >= 11 is 0.